The number of likely N-dealkylation sites (N-methyl/N-ethyl adjacent to an activating group) is 1. The van der Waals surface area contributed by atoms with Crippen LogP contribution in [0.4, 0.5) is 17.1 Å². The molecule has 10 heteroatoms. The molecule has 38 heavy (non-hydrogen) atoms. The highest BCUT2D eigenvalue weighted by Crippen LogP contribution is 2.27. The molecule has 0 bridgehead atoms. The number of ketones is 1. The molecule has 0 aliphatic heterocycles. The second-order valence-corrected chi connectivity index (χ2v) is 11.1. The van der Waals surface area contributed by atoms with E-state index in [0.29, 0.717) is 35.1 Å². The molecule has 3 aromatic carbocycles. The second-order valence-electron chi connectivity index (χ2n) is 8.81. The summed E-state index contributed by atoms with van der Waals surface area (Å²) in [6.45, 7) is 7.08. The van der Waals surface area contributed by atoms with Gasteiger partial charge in [-0.05, 0) is 62.2 Å². The van der Waals surface area contributed by atoms with Crippen molar-refractivity contribution in [3.8, 4) is 0 Å². The molecule has 2 N–H and O–H groups in total. The monoisotopic (exact) mass is 554 g/mol. The minimum atomic E-state index is -3.28. The molecule has 0 fully saturated rings. The zero-order chi connectivity index (χ0) is 27.9. The predicted molar refractivity (Wildman–Crippen MR) is 155 cm³/mol. The van der Waals surface area contributed by atoms with Crippen molar-refractivity contribution in [2.45, 2.75) is 20.8 Å². The standard InChI is InChI=1S/C28H31ClN4O4S/c1-5-33(16-15-30-38(4,36)37)22-12-14-24(20(3)18-22)31-26(27(34)21-9-7-6-8-10-21)28(35)32-25-17-19(2)11-13-23(25)29/h6-14,17-18,30H,5,15-16H2,1-4H3,(H,32,35). The fourth-order valence-corrected chi connectivity index (χ4v) is 4.39. The maximum atomic E-state index is 13.4. The molecule has 0 aliphatic carbocycles. The number of carbonyl (C=O) groups is 2. The van der Waals surface area contributed by atoms with Crippen molar-refractivity contribution < 1.29 is 18.0 Å². The van der Waals surface area contributed by atoms with E-state index in [9.17, 15) is 18.0 Å². The van der Waals surface area contributed by atoms with E-state index < -0.39 is 21.7 Å². The van der Waals surface area contributed by atoms with E-state index in [1.54, 1.807) is 48.5 Å². The normalized spacial score (nSPS) is 11.8. The third-order valence-corrected chi connectivity index (χ3v) is 6.80. The number of aryl methyl sites for hydroxylation is 2. The first kappa shape index (κ1) is 29.0. The number of anilines is 2. The summed E-state index contributed by atoms with van der Waals surface area (Å²) in [5.41, 5.74) is 3.43. The smallest absolute Gasteiger partial charge is 0.278 e. The lowest BCUT2D eigenvalue weighted by Gasteiger charge is -2.24. The number of hydrogen-bond acceptors (Lipinski definition) is 6. The van der Waals surface area contributed by atoms with Gasteiger partial charge < -0.3 is 10.2 Å². The second kappa shape index (κ2) is 12.8. The van der Waals surface area contributed by atoms with Gasteiger partial charge in [0, 0.05) is 30.9 Å². The average molecular weight is 555 g/mol. The quantitative estimate of drug-likeness (QED) is 0.198. The minimum absolute atomic E-state index is 0.267. The van der Waals surface area contributed by atoms with Crippen LogP contribution in [0.3, 0.4) is 0 Å². The lowest BCUT2D eigenvalue weighted by molar-refractivity contribution is -0.110. The highest BCUT2D eigenvalue weighted by Gasteiger charge is 2.23. The molecule has 0 saturated carbocycles. The van der Waals surface area contributed by atoms with Crippen LogP contribution in [-0.4, -0.2) is 51.7 Å². The Morgan fingerprint density at radius 2 is 1.71 bits per heavy atom. The van der Waals surface area contributed by atoms with Crippen molar-refractivity contribution in [3.05, 3.63) is 88.4 Å². The number of halogens is 1. The Bertz CT molecular complexity index is 1460. The van der Waals surface area contributed by atoms with E-state index in [2.05, 4.69) is 15.0 Å². The van der Waals surface area contributed by atoms with E-state index in [-0.39, 0.29) is 12.3 Å². The van der Waals surface area contributed by atoms with Gasteiger partial charge in [0.15, 0.2) is 5.71 Å². The lowest BCUT2D eigenvalue weighted by Crippen LogP contribution is -2.34. The lowest BCUT2D eigenvalue weighted by atomic mass is 10.1. The molecule has 0 heterocycles. The zero-order valence-corrected chi connectivity index (χ0v) is 23.4. The summed E-state index contributed by atoms with van der Waals surface area (Å²) in [6.07, 6.45) is 1.12. The van der Waals surface area contributed by atoms with E-state index in [1.165, 1.54) is 0 Å². The Balaban J connectivity index is 1.95. The molecule has 0 radical (unpaired) electrons. The Kier molecular flexibility index (Phi) is 9.79. The summed E-state index contributed by atoms with van der Waals surface area (Å²) < 4.78 is 25.3. The molecule has 0 aromatic heterocycles. The molecule has 0 unspecified atom stereocenters. The van der Waals surface area contributed by atoms with Crippen molar-refractivity contribution in [2.75, 3.05) is 36.1 Å². The van der Waals surface area contributed by atoms with Gasteiger partial charge in [0.05, 0.1) is 22.7 Å². The summed E-state index contributed by atoms with van der Waals surface area (Å²) in [4.78, 5) is 33.2. The number of aliphatic imine (C=N–C) groups is 1. The van der Waals surface area contributed by atoms with Crippen LogP contribution in [0, 0.1) is 13.8 Å². The Morgan fingerprint density at radius 3 is 2.34 bits per heavy atom. The molecule has 0 saturated heterocycles. The number of nitrogens with one attached hydrogen (secondary N) is 2. The Hall–Kier alpha value is -3.53. The maximum Gasteiger partial charge on any atom is 0.278 e. The number of hydrogen-bond donors (Lipinski definition) is 2. The summed E-state index contributed by atoms with van der Waals surface area (Å²) in [5, 5.41) is 3.08. The van der Waals surface area contributed by atoms with E-state index >= 15 is 0 Å². The first-order chi connectivity index (χ1) is 18.0. The topological polar surface area (TPSA) is 108 Å². The van der Waals surface area contributed by atoms with Crippen LogP contribution in [0.5, 0.6) is 0 Å². The van der Waals surface area contributed by atoms with Gasteiger partial charge in [-0.2, -0.15) is 0 Å². The maximum absolute atomic E-state index is 13.4. The number of carbonyl (C=O) groups excluding carboxylic acids is 2. The zero-order valence-electron chi connectivity index (χ0n) is 21.8. The van der Waals surface area contributed by atoms with Crippen LogP contribution in [0.25, 0.3) is 0 Å². The molecular formula is C28H31ClN4O4S. The molecular weight excluding hydrogens is 524 g/mol. The van der Waals surface area contributed by atoms with Gasteiger partial charge in [0.1, 0.15) is 0 Å². The largest absolute Gasteiger partial charge is 0.370 e. The summed E-state index contributed by atoms with van der Waals surface area (Å²) >= 11 is 6.27. The molecule has 0 spiro atoms. The van der Waals surface area contributed by atoms with E-state index in [0.717, 1.165) is 23.1 Å². The highest BCUT2D eigenvalue weighted by atomic mass is 35.5. The SMILES string of the molecule is CCN(CCNS(C)(=O)=O)c1ccc(N=C(C(=O)Nc2cc(C)ccc2Cl)C(=O)c2ccccc2)c(C)c1. The summed E-state index contributed by atoms with van der Waals surface area (Å²) in [7, 11) is -3.28. The molecule has 0 aliphatic rings. The van der Waals surface area contributed by atoms with Gasteiger partial charge in [-0.1, -0.05) is 48.0 Å². The van der Waals surface area contributed by atoms with Gasteiger partial charge in [0.25, 0.3) is 5.91 Å². The number of amides is 1. The van der Waals surface area contributed by atoms with Crippen molar-refractivity contribution in [1.82, 2.24) is 4.72 Å². The fraction of sp³-hybridized carbons (Fsp3) is 0.250. The first-order valence-electron chi connectivity index (χ1n) is 12.0. The van der Waals surface area contributed by atoms with Crippen LogP contribution >= 0.6 is 11.6 Å². The van der Waals surface area contributed by atoms with Crippen molar-refractivity contribution >= 4 is 56.1 Å². The van der Waals surface area contributed by atoms with Crippen LogP contribution in [0.15, 0.2) is 71.7 Å². The third-order valence-electron chi connectivity index (χ3n) is 5.74. The molecule has 200 valence electrons. The predicted octanol–water partition coefficient (Wildman–Crippen LogP) is 4.93. The van der Waals surface area contributed by atoms with Crippen molar-refractivity contribution in [2.24, 2.45) is 4.99 Å². The molecule has 1 amide bonds. The highest BCUT2D eigenvalue weighted by molar-refractivity contribution is 7.88. The molecule has 3 rings (SSSR count). The average Bonchev–Trinajstić information content (AvgIpc) is 2.87. The van der Waals surface area contributed by atoms with Crippen LogP contribution in [-0.2, 0) is 14.8 Å². The van der Waals surface area contributed by atoms with Crippen LogP contribution in [0.2, 0.25) is 5.02 Å². The number of Topliss-reactive ketones (excluding diaryl/α,β-unsaturated/α-hetero) is 1. The van der Waals surface area contributed by atoms with Gasteiger partial charge in [-0.25, -0.2) is 18.1 Å². The number of nitrogens with zero attached hydrogens (tertiary/aromatic N) is 2. The van der Waals surface area contributed by atoms with Crippen LogP contribution in [0.1, 0.15) is 28.4 Å². The number of benzene rings is 3. The van der Waals surface area contributed by atoms with Gasteiger partial charge >= 0.3 is 0 Å². The Morgan fingerprint density at radius 1 is 1.00 bits per heavy atom. The van der Waals surface area contributed by atoms with E-state index in [1.807, 2.05) is 43.9 Å². The first-order valence-corrected chi connectivity index (χ1v) is 14.3. The fourth-order valence-electron chi connectivity index (χ4n) is 3.77. The van der Waals surface area contributed by atoms with Gasteiger partial charge in [0.2, 0.25) is 15.8 Å². The van der Waals surface area contributed by atoms with Crippen molar-refractivity contribution in [3.63, 3.8) is 0 Å². The Labute approximate surface area is 228 Å². The van der Waals surface area contributed by atoms with Crippen molar-refractivity contribution in [1.29, 1.82) is 0 Å². The minimum Gasteiger partial charge on any atom is -0.370 e. The summed E-state index contributed by atoms with van der Waals surface area (Å²) in [6, 6.07) is 19.2. The molecule has 0 atom stereocenters. The third kappa shape index (κ3) is 7.98. The molecule has 8 nitrogen and oxygen atoms in total. The van der Waals surface area contributed by atoms with Crippen LogP contribution < -0.4 is 14.9 Å². The summed E-state index contributed by atoms with van der Waals surface area (Å²) in [5.74, 6) is -1.19. The number of sulfonamides is 1. The number of rotatable bonds is 11. The van der Waals surface area contributed by atoms with Gasteiger partial charge in [-0.15, -0.1) is 0 Å². The molecule has 3 aromatic rings. The van der Waals surface area contributed by atoms with Gasteiger partial charge in [-0.3, -0.25) is 9.59 Å². The van der Waals surface area contributed by atoms with E-state index in [4.69, 9.17) is 11.6 Å².